The van der Waals surface area contributed by atoms with Gasteiger partial charge in [-0.05, 0) is 0 Å². The molecule has 74 valence electrons. The van der Waals surface area contributed by atoms with E-state index in [1.807, 2.05) is 0 Å². The number of hydrogen-bond donors (Lipinski definition) is 5. The topological polar surface area (TPSA) is 184 Å². The molecule has 0 atom stereocenters. The summed E-state index contributed by atoms with van der Waals surface area (Å²) in [6.45, 7) is 0. The van der Waals surface area contributed by atoms with Gasteiger partial charge in [-0.25, -0.2) is 0 Å². The zero-order valence-corrected chi connectivity index (χ0v) is 9.58. The molecule has 0 aromatic heterocycles. The van der Waals surface area contributed by atoms with Gasteiger partial charge in [0.2, 0.25) is 0 Å². The third-order valence-electron chi connectivity index (χ3n) is 0. The third kappa shape index (κ3) is 2050. The Morgan fingerprint density at radius 2 is 0.750 bits per heavy atom. The number of hydrogen-bond acceptors (Lipinski definition) is 5. The monoisotopic (exact) mass is 237 g/mol. The van der Waals surface area contributed by atoms with Gasteiger partial charge in [-0.1, -0.05) is 0 Å². The van der Waals surface area contributed by atoms with Gasteiger partial charge in [0.05, 0.1) is 0 Å². The summed E-state index contributed by atoms with van der Waals surface area (Å²) in [6.07, 6.45) is 0. The maximum atomic E-state index is 8.74. The third-order valence-corrected chi connectivity index (χ3v) is 0. The Morgan fingerprint density at radius 3 is 0.750 bits per heavy atom. The summed E-state index contributed by atoms with van der Waals surface area (Å²) in [7, 11) is -9.33. The van der Waals surface area contributed by atoms with Crippen molar-refractivity contribution in [2.24, 2.45) is 0 Å². The molecule has 0 aromatic carbocycles. The molecule has 0 unspecified atom stereocenters. The molecular weight excluding hydrogens is 229 g/mol. The van der Waals surface area contributed by atoms with E-state index in [2.05, 4.69) is 0 Å². The van der Waals surface area contributed by atoms with Gasteiger partial charge >= 0.3 is 50.4 Å². The van der Waals surface area contributed by atoms with E-state index in [0.29, 0.717) is 0 Å². The van der Waals surface area contributed by atoms with Gasteiger partial charge in [0.15, 0.2) is 0 Å². The molecule has 0 aliphatic rings. The Bertz CT molecular complexity index is 219. The van der Waals surface area contributed by atoms with Crippen molar-refractivity contribution in [2.45, 2.75) is 0 Å². The molecule has 0 heterocycles. The Balaban J connectivity index is -0.0000000267. The minimum absolute atomic E-state index is 0. The van der Waals surface area contributed by atoms with Gasteiger partial charge in [-0.15, -0.1) is 0 Å². The average molecular weight is 237 g/mol. The van der Waals surface area contributed by atoms with Crippen molar-refractivity contribution in [3.05, 3.63) is 0 Å². The van der Waals surface area contributed by atoms with Crippen LogP contribution in [0.15, 0.2) is 0 Å². The summed E-state index contributed by atoms with van der Waals surface area (Å²) in [5.41, 5.74) is 0. The maximum Gasteiger partial charge on any atom is 1.00 e. The Hall–Kier alpha value is 0.700. The fourth-order valence-electron chi connectivity index (χ4n) is 0. The second-order valence-corrected chi connectivity index (χ2v) is 2.69. The Kier molecular flexibility index (Phi) is 15.9. The molecular formula is H8NNaO8S2. The first-order chi connectivity index (χ1) is 4.00. The van der Waals surface area contributed by atoms with Crippen LogP contribution in [0.5, 0.6) is 0 Å². The van der Waals surface area contributed by atoms with Crippen LogP contribution in [0.2, 0.25) is 0 Å². The molecule has 0 saturated carbocycles. The van der Waals surface area contributed by atoms with E-state index in [1.54, 1.807) is 0 Å². The number of rotatable bonds is 0. The summed E-state index contributed by atoms with van der Waals surface area (Å²) in [6, 6.07) is 0. The van der Waals surface area contributed by atoms with Gasteiger partial charge in [0.1, 0.15) is 0 Å². The van der Waals surface area contributed by atoms with Gasteiger partial charge in [0.25, 0.3) is 0 Å². The fourth-order valence-corrected chi connectivity index (χ4v) is 0. The van der Waals surface area contributed by atoms with Crippen molar-refractivity contribution in [1.82, 2.24) is 6.15 Å². The minimum Gasteiger partial charge on any atom is -1.00 e. The zero-order valence-electron chi connectivity index (χ0n) is 6.95. The summed E-state index contributed by atoms with van der Waals surface area (Å²) in [5.74, 6) is 0. The van der Waals surface area contributed by atoms with Crippen molar-refractivity contribution in [1.29, 1.82) is 0 Å². The van der Waals surface area contributed by atoms with Crippen LogP contribution in [-0.4, -0.2) is 35.0 Å². The standard InChI is InChI=1S/H3N.Na.2H2O4S.H/c;;2*1-5(2,3)4;/h1H3;;2*(H2,1,2,3,4);/q;+1;;;-1. The molecule has 12 heteroatoms. The molecule has 0 spiro atoms. The van der Waals surface area contributed by atoms with E-state index in [-0.39, 0.29) is 37.1 Å². The zero-order chi connectivity index (χ0) is 9.00. The van der Waals surface area contributed by atoms with Gasteiger partial charge in [-0.2, -0.15) is 16.8 Å². The SMILES string of the molecule is N.O=S(=O)(O)O.O=S(=O)(O)O.[H-].[Na+]. The van der Waals surface area contributed by atoms with E-state index in [4.69, 9.17) is 35.0 Å². The van der Waals surface area contributed by atoms with Crippen molar-refractivity contribution < 1.29 is 66.0 Å². The Morgan fingerprint density at radius 1 is 0.750 bits per heavy atom. The van der Waals surface area contributed by atoms with Crippen LogP contribution in [-0.2, 0) is 20.8 Å². The van der Waals surface area contributed by atoms with E-state index in [0.717, 1.165) is 0 Å². The first-order valence-electron chi connectivity index (χ1n) is 1.40. The predicted molar refractivity (Wildman–Crippen MR) is 34.5 cm³/mol. The molecule has 0 radical (unpaired) electrons. The van der Waals surface area contributed by atoms with Crippen molar-refractivity contribution in [2.75, 3.05) is 0 Å². The van der Waals surface area contributed by atoms with E-state index in [9.17, 15) is 0 Å². The average Bonchev–Trinajstić information content (AvgIpc) is 1.12. The molecule has 0 saturated heterocycles. The smallest absolute Gasteiger partial charge is 1.00 e. The normalized spacial score (nSPS) is 9.67. The van der Waals surface area contributed by atoms with Gasteiger partial charge in [-0.3, -0.25) is 18.2 Å². The van der Waals surface area contributed by atoms with E-state index in [1.165, 1.54) is 0 Å². The molecule has 9 nitrogen and oxygen atoms in total. The van der Waals surface area contributed by atoms with Crippen LogP contribution in [0.3, 0.4) is 0 Å². The molecule has 0 bridgehead atoms. The predicted octanol–water partition coefficient (Wildman–Crippen LogP) is -4.03. The van der Waals surface area contributed by atoms with Gasteiger partial charge in [0, 0.05) is 0 Å². The molecule has 0 amide bonds. The second kappa shape index (κ2) is 8.31. The summed E-state index contributed by atoms with van der Waals surface area (Å²) in [5, 5.41) is 0. The van der Waals surface area contributed by atoms with E-state index >= 15 is 0 Å². The Labute approximate surface area is 92.7 Å². The summed E-state index contributed by atoms with van der Waals surface area (Å²) in [4.78, 5) is 0. The quantitative estimate of drug-likeness (QED) is 0.206. The van der Waals surface area contributed by atoms with Crippen LogP contribution >= 0.6 is 0 Å². The van der Waals surface area contributed by atoms with Crippen LogP contribution in [0.4, 0.5) is 0 Å². The van der Waals surface area contributed by atoms with Crippen molar-refractivity contribution >= 4 is 20.8 Å². The van der Waals surface area contributed by atoms with Gasteiger partial charge < -0.3 is 7.58 Å². The molecule has 0 aliphatic carbocycles. The van der Waals surface area contributed by atoms with Crippen LogP contribution < -0.4 is 35.7 Å². The largest absolute Gasteiger partial charge is 1.00 e. The molecule has 0 fully saturated rings. The maximum absolute atomic E-state index is 8.74. The summed E-state index contributed by atoms with van der Waals surface area (Å²) >= 11 is 0. The van der Waals surface area contributed by atoms with Crippen molar-refractivity contribution in [3.63, 3.8) is 0 Å². The minimum atomic E-state index is -4.67. The molecule has 0 aromatic rings. The van der Waals surface area contributed by atoms with Crippen LogP contribution in [0.1, 0.15) is 1.43 Å². The molecule has 12 heavy (non-hydrogen) atoms. The molecule has 7 N–H and O–H groups in total. The first kappa shape index (κ1) is 23.0. The van der Waals surface area contributed by atoms with E-state index < -0.39 is 20.8 Å². The summed E-state index contributed by atoms with van der Waals surface area (Å²) < 4.78 is 63.2. The first-order valence-corrected chi connectivity index (χ1v) is 4.19. The second-order valence-electron chi connectivity index (χ2n) is 0.896. The molecule has 0 rings (SSSR count). The van der Waals surface area contributed by atoms with Crippen molar-refractivity contribution in [3.8, 4) is 0 Å². The fraction of sp³-hybridized carbons (Fsp3) is 0. The van der Waals surface area contributed by atoms with Crippen LogP contribution in [0, 0.1) is 0 Å². The van der Waals surface area contributed by atoms with Crippen LogP contribution in [0.25, 0.3) is 0 Å². The molecule has 0 aliphatic heterocycles.